The number of hydrogen-bond donors (Lipinski definition) is 1. The summed E-state index contributed by atoms with van der Waals surface area (Å²) in [4.78, 5) is 45.8. The van der Waals surface area contributed by atoms with Gasteiger partial charge in [0.2, 0.25) is 5.91 Å². The van der Waals surface area contributed by atoms with Crippen molar-refractivity contribution in [2.75, 3.05) is 32.7 Å². The van der Waals surface area contributed by atoms with Crippen molar-refractivity contribution in [3.05, 3.63) is 40.4 Å². The first-order chi connectivity index (χ1) is 14.1. The van der Waals surface area contributed by atoms with Crippen molar-refractivity contribution in [1.82, 2.24) is 24.7 Å². The number of rotatable bonds is 5. The van der Waals surface area contributed by atoms with Crippen molar-refractivity contribution in [3.8, 4) is 0 Å². The maximum atomic E-state index is 12.9. The first kappa shape index (κ1) is 19.4. The summed E-state index contributed by atoms with van der Waals surface area (Å²) in [6.07, 6.45) is 2.75. The van der Waals surface area contributed by atoms with E-state index in [9.17, 15) is 14.4 Å². The summed E-state index contributed by atoms with van der Waals surface area (Å²) in [7, 11) is 0. The van der Waals surface area contributed by atoms with Gasteiger partial charge in [0, 0.05) is 51.6 Å². The molecule has 1 aromatic carbocycles. The van der Waals surface area contributed by atoms with Crippen molar-refractivity contribution < 1.29 is 9.59 Å². The molecule has 0 spiro atoms. The molecule has 2 fully saturated rings. The average molecular weight is 397 g/mol. The van der Waals surface area contributed by atoms with Crippen LogP contribution in [0.4, 0.5) is 4.79 Å². The van der Waals surface area contributed by atoms with Crippen molar-refractivity contribution in [2.24, 2.45) is 0 Å². The Bertz CT molecular complexity index is 974. The highest BCUT2D eigenvalue weighted by Gasteiger charge is 2.29. The highest BCUT2D eigenvalue weighted by atomic mass is 16.2. The van der Waals surface area contributed by atoms with Crippen LogP contribution in [0, 0.1) is 0 Å². The molecular formula is C21H27N5O3. The Morgan fingerprint density at radius 3 is 2.48 bits per heavy atom. The predicted octanol–water partition coefficient (Wildman–Crippen LogP) is 1.54. The molecule has 1 saturated carbocycles. The SMILES string of the molecule is CCNC(=O)N1CCN(C(=O)CCc2nc3ccccc3c(=O)n2C2CC2)CC1. The maximum absolute atomic E-state index is 12.9. The van der Waals surface area contributed by atoms with Crippen LogP contribution in [0.25, 0.3) is 10.9 Å². The van der Waals surface area contributed by atoms with Crippen molar-refractivity contribution in [2.45, 2.75) is 38.6 Å². The van der Waals surface area contributed by atoms with Crippen LogP contribution in [0.5, 0.6) is 0 Å². The molecule has 0 unspecified atom stereocenters. The summed E-state index contributed by atoms with van der Waals surface area (Å²) in [6.45, 7) is 4.64. The summed E-state index contributed by atoms with van der Waals surface area (Å²) in [6, 6.07) is 7.52. The largest absolute Gasteiger partial charge is 0.339 e. The minimum absolute atomic E-state index is 0.00361. The van der Waals surface area contributed by atoms with Gasteiger partial charge in [-0.25, -0.2) is 9.78 Å². The highest BCUT2D eigenvalue weighted by Crippen LogP contribution is 2.34. The Hall–Kier alpha value is -2.90. The molecule has 2 heterocycles. The van der Waals surface area contributed by atoms with Gasteiger partial charge in [0.05, 0.1) is 10.9 Å². The third kappa shape index (κ3) is 4.11. The van der Waals surface area contributed by atoms with Gasteiger partial charge in [0.15, 0.2) is 0 Å². The Morgan fingerprint density at radius 1 is 1.10 bits per heavy atom. The summed E-state index contributed by atoms with van der Waals surface area (Å²) < 4.78 is 1.79. The zero-order chi connectivity index (χ0) is 20.4. The number of urea groups is 1. The van der Waals surface area contributed by atoms with Crippen LogP contribution in [0.15, 0.2) is 29.1 Å². The summed E-state index contributed by atoms with van der Waals surface area (Å²) in [5, 5.41) is 3.43. The molecule has 0 radical (unpaired) electrons. The molecule has 8 heteroatoms. The lowest BCUT2D eigenvalue weighted by Gasteiger charge is -2.34. The molecule has 2 aliphatic rings. The second-order valence-corrected chi connectivity index (χ2v) is 7.65. The van der Waals surface area contributed by atoms with Crippen molar-refractivity contribution in [1.29, 1.82) is 0 Å². The molecule has 1 aromatic heterocycles. The van der Waals surface area contributed by atoms with Gasteiger partial charge >= 0.3 is 6.03 Å². The first-order valence-electron chi connectivity index (χ1n) is 10.4. The molecule has 1 aliphatic heterocycles. The zero-order valence-electron chi connectivity index (χ0n) is 16.8. The third-order valence-corrected chi connectivity index (χ3v) is 5.60. The van der Waals surface area contributed by atoms with Crippen LogP contribution in [0.3, 0.4) is 0 Å². The van der Waals surface area contributed by atoms with Crippen LogP contribution in [0.2, 0.25) is 0 Å². The molecule has 0 atom stereocenters. The Kier molecular flexibility index (Phi) is 5.51. The normalized spacial score (nSPS) is 16.9. The molecule has 0 bridgehead atoms. The van der Waals surface area contributed by atoms with Gasteiger partial charge in [0.1, 0.15) is 5.82 Å². The van der Waals surface area contributed by atoms with E-state index >= 15 is 0 Å². The second-order valence-electron chi connectivity index (χ2n) is 7.65. The van der Waals surface area contributed by atoms with E-state index < -0.39 is 0 Å². The summed E-state index contributed by atoms with van der Waals surface area (Å²) in [5.41, 5.74) is 0.684. The fourth-order valence-corrected chi connectivity index (χ4v) is 3.88. The molecule has 4 rings (SSSR count). The molecule has 8 nitrogen and oxygen atoms in total. The third-order valence-electron chi connectivity index (χ3n) is 5.60. The summed E-state index contributed by atoms with van der Waals surface area (Å²) >= 11 is 0. The van der Waals surface area contributed by atoms with E-state index in [2.05, 4.69) is 5.32 Å². The lowest BCUT2D eigenvalue weighted by Crippen LogP contribution is -2.53. The summed E-state index contributed by atoms with van der Waals surface area (Å²) in [5.74, 6) is 0.746. The Balaban J connectivity index is 1.42. The molecular weight excluding hydrogens is 370 g/mol. The van der Waals surface area contributed by atoms with E-state index in [0.717, 1.165) is 12.8 Å². The molecule has 3 amide bonds. The lowest BCUT2D eigenvalue weighted by molar-refractivity contribution is -0.132. The first-order valence-corrected chi connectivity index (χ1v) is 10.4. The van der Waals surface area contributed by atoms with Gasteiger partial charge in [-0.1, -0.05) is 12.1 Å². The second kappa shape index (κ2) is 8.23. The number of carbonyl (C=O) groups excluding carboxylic acids is 2. The number of amides is 3. The molecule has 154 valence electrons. The van der Waals surface area contributed by atoms with Gasteiger partial charge in [-0.3, -0.25) is 14.2 Å². The maximum Gasteiger partial charge on any atom is 0.317 e. The van der Waals surface area contributed by atoms with E-state index in [1.165, 1.54) is 0 Å². The molecule has 2 aromatic rings. The Morgan fingerprint density at radius 2 is 1.79 bits per heavy atom. The van der Waals surface area contributed by atoms with E-state index in [4.69, 9.17) is 4.98 Å². The average Bonchev–Trinajstić information content (AvgIpc) is 3.57. The van der Waals surface area contributed by atoms with E-state index in [0.29, 0.717) is 62.3 Å². The number of fused-ring (bicyclic) bond motifs is 1. The number of piperazine rings is 1. The number of nitrogens with one attached hydrogen (secondary N) is 1. The van der Waals surface area contributed by atoms with Gasteiger partial charge in [-0.05, 0) is 31.9 Å². The van der Waals surface area contributed by atoms with E-state index in [-0.39, 0.29) is 23.5 Å². The van der Waals surface area contributed by atoms with Crippen molar-refractivity contribution >= 4 is 22.8 Å². The fraction of sp³-hybridized carbons (Fsp3) is 0.524. The number of para-hydroxylation sites is 1. The number of aromatic nitrogens is 2. The lowest BCUT2D eigenvalue weighted by atomic mass is 10.2. The zero-order valence-corrected chi connectivity index (χ0v) is 16.8. The standard InChI is InChI=1S/C21H27N5O3/c1-2-22-21(29)25-13-11-24(12-14-25)19(27)10-9-18-23-17-6-4-3-5-16(17)20(28)26(18)15-7-8-15/h3-6,15H,2,7-14H2,1H3,(H,22,29). The van der Waals surface area contributed by atoms with E-state index in [1.54, 1.807) is 14.4 Å². The van der Waals surface area contributed by atoms with Crippen LogP contribution in [-0.4, -0.2) is 64.0 Å². The molecule has 1 N–H and O–H groups in total. The molecule has 29 heavy (non-hydrogen) atoms. The van der Waals surface area contributed by atoms with Gasteiger partial charge in [0.25, 0.3) is 5.56 Å². The van der Waals surface area contributed by atoms with Gasteiger partial charge in [-0.15, -0.1) is 0 Å². The quantitative estimate of drug-likeness (QED) is 0.829. The number of carbonyl (C=O) groups is 2. The fourth-order valence-electron chi connectivity index (χ4n) is 3.88. The predicted molar refractivity (Wildman–Crippen MR) is 110 cm³/mol. The number of benzene rings is 1. The van der Waals surface area contributed by atoms with Crippen molar-refractivity contribution in [3.63, 3.8) is 0 Å². The minimum Gasteiger partial charge on any atom is -0.339 e. The van der Waals surface area contributed by atoms with Gasteiger partial charge in [-0.2, -0.15) is 0 Å². The number of hydrogen-bond acceptors (Lipinski definition) is 4. The van der Waals surface area contributed by atoms with Crippen LogP contribution >= 0.6 is 0 Å². The number of nitrogens with zero attached hydrogens (tertiary/aromatic N) is 4. The topological polar surface area (TPSA) is 87.5 Å². The molecule has 1 saturated heterocycles. The highest BCUT2D eigenvalue weighted by molar-refractivity contribution is 5.79. The van der Waals surface area contributed by atoms with Crippen LogP contribution < -0.4 is 10.9 Å². The van der Waals surface area contributed by atoms with Crippen LogP contribution in [0.1, 0.15) is 38.1 Å². The van der Waals surface area contributed by atoms with Crippen LogP contribution in [-0.2, 0) is 11.2 Å². The van der Waals surface area contributed by atoms with E-state index in [1.807, 2.05) is 31.2 Å². The van der Waals surface area contributed by atoms with Gasteiger partial charge < -0.3 is 15.1 Å². The molecule has 1 aliphatic carbocycles. The minimum atomic E-state index is -0.0755. The number of aryl methyl sites for hydroxylation is 1. The Labute approximate surface area is 169 Å². The monoisotopic (exact) mass is 397 g/mol. The smallest absolute Gasteiger partial charge is 0.317 e.